The minimum atomic E-state index is -3.54. The Morgan fingerprint density at radius 2 is 2.25 bits per heavy atom. The predicted octanol–water partition coefficient (Wildman–Crippen LogP) is 0.792. The van der Waals surface area contributed by atoms with Gasteiger partial charge in [-0.1, -0.05) is 0 Å². The Labute approximate surface area is 120 Å². The van der Waals surface area contributed by atoms with Crippen molar-refractivity contribution in [1.82, 2.24) is 4.72 Å². The van der Waals surface area contributed by atoms with Crippen LogP contribution in [0.1, 0.15) is 12.8 Å². The van der Waals surface area contributed by atoms with Crippen LogP contribution in [0, 0.1) is 0 Å². The number of ether oxygens (including phenoxy) is 1. The Morgan fingerprint density at radius 1 is 1.50 bits per heavy atom. The monoisotopic (exact) mass is 299 g/mol. The second-order valence-electron chi connectivity index (χ2n) is 4.95. The quantitative estimate of drug-likeness (QED) is 0.785. The first-order valence-corrected chi connectivity index (χ1v) is 8.08. The van der Waals surface area contributed by atoms with Gasteiger partial charge in [0.2, 0.25) is 10.0 Å². The van der Waals surface area contributed by atoms with Crippen molar-refractivity contribution in [1.29, 1.82) is 0 Å². The van der Waals surface area contributed by atoms with E-state index in [1.54, 1.807) is 12.1 Å². The number of nitrogens with one attached hydrogen (secondary N) is 1. The largest absolute Gasteiger partial charge is 0.399 e. The van der Waals surface area contributed by atoms with E-state index in [4.69, 9.17) is 10.5 Å². The van der Waals surface area contributed by atoms with Gasteiger partial charge < -0.3 is 15.4 Å². The highest BCUT2D eigenvalue weighted by atomic mass is 32.2. The second kappa shape index (κ2) is 5.99. The molecule has 1 atom stereocenters. The van der Waals surface area contributed by atoms with E-state index in [-0.39, 0.29) is 11.0 Å². The first-order chi connectivity index (χ1) is 9.44. The average Bonchev–Trinajstić information content (AvgIpc) is 2.91. The molecule has 1 heterocycles. The van der Waals surface area contributed by atoms with Crippen LogP contribution in [0.2, 0.25) is 0 Å². The molecule has 1 saturated heterocycles. The third-order valence-corrected chi connectivity index (χ3v) is 4.90. The lowest BCUT2D eigenvalue weighted by molar-refractivity contribution is 0.116. The number of likely N-dealkylation sites (N-methyl/N-ethyl adjacent to an activating group) is 1. The third kappa shape index (κ3) is 3.23. The summed E-state index contributed by atoms with van der Waals surface area (Å²) in [6, 6.07) is 4.91. The first kappa shape index (κ1) is 15.1. The summed E-state index contributed by atoms with van der Waals surface area (Å²) in [6.45, 7) is 1.44. The summed E-state index contributed by atoms with van der Waals surface area (Å²) >= 11 is 0. The van der Waals surface area contributed by atoms with Crippen molar-refractivity contribution < 1.29 is 13.2 Å². The van der Waals surface area contributed by atoms with E-state index in [2.05, 4.69) is 4.72 Å². The highest BCUT2D eigenvalue weighted by molar-refractivity contribution is 7.89. The van der Waals surface area contributed by atoms with Gasteiger partial charge in [-0.3, -0.25) is 0 Å². The Hall–Kier alpha value is -1.31. The van der Waals surface area contributed by atoms with Gasteiger partial charge in [0.1, 0.15) is 4.90 Å². The Bertz CT molecular complexity index is 568. The molecule has 112 valence electrons. The van der Waals surface area contributed by atoms with Crippen LogP contribution in [0.15, 0.2) is 23.1 Å². The molecule has 1 fully saturated rings. The van der Waals surface area contributed by atoms with Crippen molar-refractivity contribution in [3.05, 3.63) is 18.2 Å². The summed E-state index contributed by atoms with van der Waals surface area (Å²) in [5.74, 6) is 0. The molecule has 1 unspecified atom stereocenters. The van der Waals surface area contributed by atoms with Gasteiger partial charge in [-0.15, -0.1) is 0 Å². The lowest BCUT2D eigenvalue weighted by Gasteiger charge is -2.25. The van der Waals surface area contributed by atoms with Crippen LogP contribution in [-0.4, -0.2) is 41.8 Å². The van der Waals surface area contributed by atoms with E-state index >= 15 is 0 Å². The minimum absolute atomic E-state index is 0.155. The van der Waals surface area contributed by atoms with Crippen molar-refractivity contribution in [2.24, 2.45) is 0 Å². The van der Waals surface area contributed by atoms with Crippen molar-refractivity contribution >= 4 is 21.4 Å². The molecule has 0 aromatic heterocycles. The van der Waals surface area contributed by atoms with Gasteiger partial charge in [0.15, 0.2) is 0 Å². The maximum absolute atomic E-state index is 12.1. The van der Waals surface area contributed by atoms with Gasteiger partial charge in [-0.05, 0) is 38.1 Å². The molecule has 0 aliphatic carbocycles. The normalized spacial score (nSPS) is 19.2. The maximum atomic E-state index is 12.1. The Kier molecular flexibility index (Phi) is 4.52. The zero-order valence-corrected chi connectivity index (χ0v) is 12.6. The molecule has 6 nitrogen and oxygen atoms in total. The van der Waals surface area contributed by atoms with E-state index < -0.39 is 10.0 Å². The van der Waals surface area contributed by atoms with Crippen LogP contribution < -0.4 is 15.4 Å². The fraction of sp³-hybridized carbons (Fsp3) is 0.538. The first-order valence-electron chi connectivity index (χ1n) is 6.60. The van der Waals surface area contributed by atoms with Gasteiger partial charge in [0, 0.05) is 25.9 Å². The van der Waals surface area contributed by atoms with Crippen LogP contribution >= 0.6 is 0 Å². The molecule has 0 radical (unpaired) electrons. The molecule has 0 amide bonds. The molecule has 0 spiro atoms. The molecular formula is C13H21N3O3S. The molecule has 0 saturated carbocycles. The number of rotatable bonds is 5. The second-order valence-corrected chi connectivity index (χ2v) is 6.81. The SMILES string of the molecule is CNS(=O)(=O)c1cc(N)ccc1N(C)CC1CCCO1. The van der Waals surface area contributed by atoms with Crippen molar-refractivity contribution in [2.45, 2.75) is 23.8 Å². The molecule has 7 heteroatoms. The van der Waals surface area contributed by atoms with Crippen LogP contribution in [0.4, 0.5) is 11.4 Å². The number of anilines is 2. The van der Waals surface area contributed by atoms with Gasteiger partial charge >= 0.3 is 0 Å². The molecule has 3 N–H and O–H groups in total. The average molecular weight is 299 g/mol. The van der Waals surface area contributed by atoms with Crippen LogP contribution in [0.25, 0.3) is 0 Å². The standard InChI is InChI=1S/C13H21N3O3S/c1-15-20(17,18)13-8-10(14)5-6-12(13)16(2)9-11-4-3-7-19-11/h5-6,8,11,15H,3-4,7,9,14H2,1-2H3. The van der Waals surface area contributed by atoms with Crippen LogP contribution in [0.5, 0.6) is 0 Å². The highest BCUT2D eigenvalue weighted by Crippen LogP contribution is 2.27. The number of hydrogen-bond donors (Lipinski definition) is 2. The number of nitrogens with two attached hydrogens (primary N) is 1. The van der Waals surface area contributed by atoms with E-state index in [0.717, 1.165) is 19.4 Å². The summed E-state index contributed by atoms with van der Waals surface area (Å²) < 4.78 is 32.1. The number of hydrogen-bond acceptors (Lipinski definition) is 5. The zero-order valence-electron chi connectivity index (χ0n) is 11.8. The van der Waals surface area contributed by atoms with Crippen molar-refractivity contribution in [3.8, 4) is 0 Å². The number of nitrogen functional groups attached to an aromatic ring is 1. The van der Waals surface area contributed by atoms with E-state index in [9.17, 15) is 8.42 Å². The lowest BCUT2D eigenvalue weighted by atomic mass is 10.2. The molecule has 1 aromatic rings. The summed E-state index contributed by atoms with van der Waals surface area (Å²) in [7, 11) is -0.288. The van der Waals surface area contributed by atoms with Crippen molar-refractivity contribution in [3.63, 3.8) is 0 Å². The van der Waals surface area contributed by atoms with Crippen LogP contribution in [0.3, 0.4) is 0 Å². The summed E-state index contributed by atoms with van der Waals surface area (Å²) in [6.07, 6.45) is 2.22. The lowest BCUT2D eigenvalue weighted by Crippen LogP contribution is -2.31. The molecular weight excluding hydrogens is 278 g/mol. The summed E-state index contributed by atoms with van der Waals surface area (Å²) in [5, 5.41) is 0. The molecule has 2 rings (SSSR count). The molecule has 20 heavy (non-hydrogen) atoms. The van der Waals surface area contributed by atoms with Crippen LogP contribution in [-0.2, 0) is 14.8 Å². The molecule has 1 aliphatic rings. The van der Waals surface area contributed by atoms with E-state index in [0.29, 0.717) is 17.9 Å². The maximum Gasteiger partial charge on any atom is 0.242 e. The predicted molar refractivity (Wildman–Crippen MR) is 79.3 cm³/mol. The fourth-order valence-electron chi connectivity index (χ4n) is 2.36. The minimum Gasteiger partial charge on any atom is -0.399 e. The van der Waals surface area contributed by atoms with E-state index in [1.807, 2.05) is 11.9 Å². The summed E-state index contributed by atoms with van der Waals surface area (Å²) in [4.78, 5) is 2.10. The number of sulfonamides is 1. The van der Waals surface area contributed by atoms with Gasteiger partial charge in [0.05, 0.1) is 11.8 Å². The fourth-order valence-corrected chi connectivity index (χ4v) is 3.37. The Morgan fingerprint density at radius 3 is 2.85 bits per heavy atom. The highest BCUT2D eigenvalue weighted by Gasteiger charge is 2.23. The van der Waals surface area contributed by atoms with E-state index in [1.165, 1.54) is 13.1 Å². The van der Waals surface area contributed by atoms with Crippen molar-refractivity contribution in [2.75, 3.05) is 37.9 Å². The van der Waals surface area contributed by atoms with Gasteiger partial charge in [0.25, 0.3) is 0 Å². The van der Waals surface area contributed by atoms with Gasteiger partial charge in [-0.25, -0.2) is 13.1 Å². The van der Waals surface area contributed by atoms with Gasteiger partial charge in [-0.2, -0.15) is 0 Å². The molecule has 1 aliphatic heterocycles. The Balaban J connectivity index is 2.30. The topological polar surface area (TPSA) is 84.7 Å². The zero-order chi connectivity index (χ0) is 14.8. The number of benzene rings is 1. The third-order valence-electron chi connectivity index (χ3n) is 3.45. The number of nitrogens with zero attached hydrogens (tertiary/aromatic N) is 1. The smallest absolute Gasteiger partial charge is 0.242 e. The summed E-state index contributed by atoms with van der Waals surface area (Å²) in [5.41, 5.74) is 6.76. The molecule has 0 bridgehead atoms. The molecule has 1 aromatic carbocycles.